The van der Waals surface area contributed by atoms with Crippen LogP contribution in [-0.4, -0.2) is 88.6 Å². The first kappa shape index (κ1) is 34.7. The van der Waals surface area contributed by atoms with Crippen LogP contribution in [0.4, 0.5) is 10.5 Å². The number of morpholine rings is 1. The maximum absolute atomic E-state index is 13.7. The number of halogens is 1. The highest BCUT2D eigenvalue weighted by atomic mass is 35.5. The number of nitrogens with zero attached hydrogens (tertiary/aromatic N) is 2. The molecule has 2 saturated heterocycles. The molecule has 1 spiro atoms. The van der Waals surface area contributed by atoms with Crippen molar-refractivity contribution >= 4 is 39.3 Å². The van der Waals surface area contributed by atoms with E-state index < -0.39 is 27.6 Å². The highest BCUT2D eigenvalue weighted by molar-refractivity contribution is 7.90. The number of nitrogens with one attached hydrogen (secondary N) is 1. The zero-order valence-corrected chi connectivity index (χ0v) is 30.7. The highest BCUT2D eigenvalue weighted by Gasteiger charge is 2.46. The minimum absolute atomic E-state index is 0.0279. The van der Waals surface area contributed by atoms with Crippen molar-refractivity contribution in [2.24, 2.45) is 11.8 Å². The van der Waals surface area contributed by atoms with Crippen molar-refractivity contribution < 1.29 is 37.0 Å². The van der Waals surface area contributed by atoms with Gasteiger partial charge in [0.15, 0.2) is 0 Å². The van der Waals surface area contributed by atoms with Gasteiger partial charge >= 0.3 is 6.09 Å². The van der Waals surface area contributed by atoms with Gasteiger partial charge in [0.1, 0.15) is 17.5 Å². The summed E-state index contributed by atoms with van der Waals surface area (Å²) in [6.07, 6.45) is 9.40. The number of anilines is 1. The fourth-order valence-corrected chi connectivity index (χ4v) is 10.2. The van der Waals surface area contributed by atoms with Gasteiger partial charge in [0.05, 0.1) is 49.1 Å². The smallest absolute Gasteiger partial charge is 0.410 e. The Balaban J connectivity index is 1.16. The molecule has 0 radical (unpaired) electrons. The molecule has 1 N–H and O–H groups in total. The quantitative estimate of drug-likeness (QED) is 0.385. The van der Waals surface area contributed by atoms with E-state index in [-0.39, 0.29) is 47.1 Å². The van der Waals surface area contributed by atoms with Gasteiger partial charge in [-0.2, -0.15) is 0 Å². The van der Waals surface area contributed by atoms with E-state index in [4.69, 9.17) is 30.5 Å². The molecule has 2 aromatic rings. The Morgan fingerprint density at radius 3 is 2.61 bits per heavy atom. The van der Waals surface area contributed by atoms with Gasteiger partial charge in [-0.05, 0) is 112 Å². The molecule has 3 fully saturated rings. The highest BCUT2D eigenvalue weighted by Crippen LogP contribution is 2.47. The Labute approximate surface area is 304 Å². The van der Waals surface area contributed by atoms with E-state index in [0.717, 1.165) is 44.9 Å². The minimum atomic E-state index is -4.24. The summed E-state index contributed by atoms with van der Waals surface area (Å²) in [4.78, 5) is 31.0. The zero-order chi connectivity index (χ0) is 35.5. The number of rotatable bonds is 1. The number of aryl methyl sites for hydroxylation is 1. The average molecular weight is 740 g/mol. The maximum Gasteiger partial charge on any atom is 0.410 e. The van der Waals surface area contributed by atoms with Crippen LogP contribution in [0.3, 0.4) is 0 Å². The van der Waals surface area contributed by atoms with Crippen LogP contribution in [0.2, 0.25) is 5.02 Å². The van der Waals surface area contributed by atoms with Crippen molar-refractivity contribution in [1.82, 2.24) is 9.62 Å². The fraction of sp³-hybridized carbons (Fsp3) is 0.579. The Hall–Kier alpha value is -3.32. The van der Waals surface area contributed by atoms with E-state index in [0.29, 0.717) is 49.2 Å². The van der Waals surface area contributed by atoms with Crippen LogP contribution >= 0.6 is 11.6 Å². The van der Waals surface area contributed by atoms with Crippen molar-refractivity contribution in [3.63, 3.8) is 0 Å². The molecule has 0 aromatic heterocycles. The van der Waals surface area contributed by atoms with Crippen molar-refractivity contribution in [3.05, 3.63) is 64.7 Å². The molecule has 274 valence electrons. The van der Waals surface area contributed by atoms with Crippen molar-refractivity contribution in [1.29, 1.82) is 0 Å². The monoisotopic (exact) mass is 739 g/mol. The lowest BCUT2D eigenvalue weighted by Gasteiger charge is -2.46. The predicted molar refractivity (Wildman–Crippen MR) is 191 cm³/mol. The van der Waals surface area contributed by atoms with E-state index in [9.17, 15) is 18.0 Å². The van der Waals surface area contributed by atoms with Gasteiger partial charge in [0, 0.05) is 29.4 Å². The van der Waals surface area contributed by atoms with Gasteiger partial charge in [-0.3, -0.25) is 4.79 Å². The van der Waals surface area contributed by atoms with Crippen LogP contribution in [0.25, 0.3) is 0 Å². The summed E-state index contributed by atoms with van der Waals surface area (Å²) >= 11 is 6.45. The van der Waals surface area contributed by atoms with Crippen molar-refractivity contribution in [2.45, 2.75) is 93.0 Å². The summed E-state index contributed by atoms with van der Waals surface area (Å²) < 4.78 is 54.3. The van der Waals surface area contributed by atoms with Crippen LogP contribution in [0.15, 0.2) is 53.4 Å². The molecule has 2 aromatic carbocycles. The number of sulfonamides is 1. The summed E-state index contributed by atoms with van der Waals surface area (Å²) in [5, 5.41) is 0.704. The molecule has 11 nitrogen and oxygen atoms in total. The summed E-state index contributed by atoms with van der Waals surface area (Å²) in [6.45, 7) is 5.78. The number of carbonyl (C=O) groups is 2. The Kier molecular flexibility index (Phi) is 9.04. The summed E-state index contributed by atoms with van der Waals surface area (Å²) in [5.74, 6) is -0.0230. The Morgan fingerprint density at radius 2 is 1.84 bits per heavy atom. The third kappa shape index (κ3) is 6.73. The number of hydrogen-bond donors (Lipinski definition) is 1. The second kappa shape index (κ2) is 13.3. The first-order valence-corrected chi connectivity index (χ1v) is 20.0. The number of ether oxygens (including phenoxy) is 4. The van der Waals surface area contributed by atoms with Crippen LogP contribution in [0, 0.1) is 11.8 Å². The molecule has 51 heavy (non-hydrogen) atoms. The number of amides is 2. The second-order valence-electron chi connectivity index (χ2n) is 15.6. The molecule has 13 heteroatoms. The standard InChI is InChI=1S/C38H46ClN3O8S/c1-37(2)35(43)40-51(45,46)29-11-14-34-32(18-29)42(22-38(23-47-34)15-3-5-24-17-26(39)8-13-31(24)38)19-25-7-12-30(25)33(6-4-16-48-37)50-36(44)41-20-27-9-10-28(21-41)49-27/h4,6,8,11,13-14,17-18,25,27-28,30,33H,3,5,7,9-10,12,15-16,19-23H2,1-2H3,(H,40,43)/b6-4+/t25-,27?,28?,30+,33-,38-/m0/s1. The van der Waals surface area contributed by atoms with E-state index in [1.165, 1.54) is 31.0 Å². The molecule has 2 aliphatic carbocycles. The third-order valence-corrected chi connectivity index (χ3v) is 13.4. The second-order valence-corrected chi connectivity index (χ2v) is 17.7. The molecule has 6 atom stereocenters. The van der Waals surface area contributed by atoms with Gasteiger partial charge in [-0.25, -0.2) is 17.9 Å². The molecule has 1 saturated carbocycles. The van der Waals surface area contributed by atoms with E-state index in [1.54, 1.807) is 23.1 Å². The topological polar surface area (TPSA) is 124 Å². The van der Waals surface area contributed by atoms with Crippen LogP contribution in [0.5, 0.6) is 5.75 Å². The number of carbonyl (C=O) groups excluding carboxylic acids is 2. The molecular formula is C38H46ClN3O8S. The average Bonchev–Trinajstić information content (AvgIpc) is 3.34. The maximum atomic E-state index is 13.7. The summed E-state index contributed by atoms with van der Waals surface area (Å²) in [7, 11) is -4.24. The lowest BCUT2D eigenvalue weighted by Crippen LogP contribution is -2.51. The first-order chi connectivity index (χ1) is 24.4. The Bertz CT molecular complexity index is 1840. The minimum Gasteiger partial charge on any atom is -0.490 e. The van der Waals surface area contributed by atoms with Crippen molar-refractivity contribution in [2.75, 3.05) is 44.3 Å². The normalized spacial score (nSPS) is 33.1. The molecule has 2 amide bonds. The number of likely N-dealkylation sites (tertiary alicyclic amines) is 1. The number of fused-ring (bicyclic) bond motifs is 6. The SMILES string of the molecule is CC1(C)OC/C=C/[C@H](OC(=O)N2CC3CCC(C2)O3)[C@@H]2CC[C@H]2CN2C[C@@]3(CCCc4cc(Cl)ccc43)COc3ccc(cc32)S(=O)(=O)NC1=O. The van der Waals surface area contributed by atoms with Gasteiger partial charge in [-0.1, -0.05) is 23.7 Å². The lowest BCUT2D eigenvalue weighted by molar-refractivity contribution is -0.139. The number of benzene rings is 2. The molecular weight excluding hydrogens is 694 g/mol. The van der Waals surface area contributed by atoms with E-state index in [1.807, 2.05) is 12.1 Å². The zero-order valence-electron chi connectivity index (χ0n) is 29.1. The van der Waals surface area contributed by atoms with Crippen LogP contribution < -0.4 is 14.4 Å². The third-order valence-electron chi connectivity index (χ3n) is 11.9. The fourth-order valence-electron chi connectivity index (χ4n) is 8.84. The number of hydrogen-bond acceptors (Lipinski definition) is 9. The first-order valence-electron chi connectivity index (χ1n) is 18.2. The largest absolute Gasteiger partial charge is 0.490 e. The van der Waals surface area contributed by atoms with Gasteiger partial charge in [-0.15, -0.1) is 0 Å². The molecule has 4 bridgehead atoms. The van der Waals surface area contributed by atoms with Gasteiger partial charge < -0.3 is 28.7 Å². The van der Waals surface area contributed by atoms with E-state index >= 15 is 0 Å². The van der Waals surface area contributed by atoms with Crippen LogP contribution in [-0.2, 0) is 40.9 Å². The van der Waals surface area contributed by atoms with Crippen molar-refractivity contribution in [3.8, 4) is 5.75 Å². The molecule has 2 unspecified atom stereocenters. The molecule has 4 heterocycles. The summed E-state index contributed by atoms with van der Waals surface area (Å²) in [5.41, 5.74) is 1.26. The van der Waals surface area contributed by atoms with E-state index in [2.05, 4.69) is 21.8 Å². The Morgan fingerprint density at radius 1 is 1.04 bits per heavy atom. The predicted octanol–water partition coefficient (Wildman–Crippen LogP) is 5.38. The molecule has 4 aliphatic heterocycles. The lowest BCUT2D eigenvalue weighted by atomic mass is 9.68. The van der Waals surface area contributed by atoms with Gasteiger partial charge in [0.2, 0.25) is 0 Å². The molecule has 6 aliphatic rings. The molecule has 8 rings (SSSR count). The van der Waals surface area contributed by atoms with Gasteiger partial charge in [0.25, 0.3) is 15.9 Å². The summed E-state index contributed by atoms with van der Waals surface area (Å²) in [6, 6.07) is 10.9. The van der Waals surface area contributed by atoms with Crippen LogP contribution in [0.1, 0.15) is 63.5 Å².